The van der Waals surface area contributed by atoms with Crippen LogP contribution in [0.15, 0.2) is 18.6 Å². The van der Waals surface area contributed by atoms with Gasteiger partial charge in [-0.2, -0.15) is 5.10 Å². The van der Waals surface area contributed by atoms with Crippen LogP contribution < -0.4 is 5.32 Å². The summed E-state index contributed by atoms with van der Waals surface area (Å²) in [6.07, 6.45) is 4.94. The van der Waals surface area contributed by atoms with Crippen LogP contribution in [-0.4, -0.2) is 56.2 Å². The van der Waals surface area contributed by atoms with Gasteiger partial charge in [-0.25, -0.2) is 4.98 Å². The van der Waals surface area contributed by atoms with Gasteiger partial charge in [0.05, 0.1) is 37.8 Å². The number of carbonyl (C=O) groups excluding carboxylic acids is 2. The fourth-order valence-electron chi connectivity index (χ4n) is 2.68. The Morgan fingerprint density at radius 3 is 3.00 bits per heavy atom. The number of hydrogen-bond acceptors (Lipinski definition) is 5. The molecule has 9 heteroatoms. The van der Waals surface area contributed by atoms with E-state index in [0.717, 1.165) is 11.3 Å². The molecule has 0 spiro atoms. The van der Waals surface area contributed by atoms with Crippen LogP contribution in [0.3, 0.4) is 0 Å². The zero-order valence-electron chi connectivity index (χ0n) is 14.4. The second-order valence-corrected chi connectivity index (χ2v) is 6.12. The number of nitrogens with one attached hydrogen (secondary N) is 2. The minimum Gasteiger partial charge on any atom is -0.367 e. The van der Waals surface area contributed by atoms with Crippen LogP contribution in [0.4, 0.5) is 0 Å². The molecule has 1 saturated heterocycles. The molecule has 1 atom stereocenters. The number of imidazole rings is 1. The Morgan fingerprint density at radius 1 is 1.44 bits per heavy atom. The first-order chi connectivity index (χ1) is 12.0. The van der Waals surface area contributed by atoms with E-state index in [1.807, 2.05) is 13.1 Å². The van der Waals surface area contributed by atoms with Crippen LogP contribution >= 0.6 is 0 Å². The van der Waals surface area contributed by atoms with E-state index in [0.29, 0.717) is 32.1 Å². The van der Waals surface area contributed by atoms with E-state index in [9.17, 15) is 9.59 Å². The van der Waals surface area contributed by atoms with Gasteiger partial charge in [0.25, 0.3) is 0 Å². The average molecular weight is 346 g/mol. The van der Waals surface area contributed by atoms with Crippen LogP contribution in [0.2, 0.25) is 0 Å². The zero-order chi connectivity index (χ0) is 17.8. The van der Waals surface area contributed by atoms with Gasteiger partial charge in [-0.1, -0.05) is 0 Å². The number of rotatable bonds is 5. The molecule has 0 aliphatic carbocycles. The lowest BCUT2D eigenvalue weighted by Gasteiger charge is -2.32. The second-order valence-electron chi connectivity index (χ2n) is 6.12. The molecule has 3 rings (SSSR count). The van der Waals surface area contributed by atoms with Gasteiger partial charge in [0.15, 0.2) is 0 Å². The number of hydrogen-bond donors (Lipinski definition) is 2. The number of nitrogens with zero attached hydrogens (tertiary/aromatic N) is 4. The van der Waals surface area contributed by atoms with Crippen molar-refractivity contribution in [2.24, 2.45) is 0 Å². The van der Waals surface area contributed by atoms with Crippen molar-refractivity contribution in [3.05, 3.63) is 35.7 Å². The number of morpholine rings is 1. The number of aromatic amines is 1. The van der Waals surface area contributed by atoms with Crippen molar-refractivity contribution >= 4 is 11.8 Å². The summed E-state index contributed by atoms with van der Waals surface area (Å²) >= 11 is 0. The normalized spacial score (nSPS) is 17.5. The molecule has 0 unspecified atom stereocenters. The highest BCUT2D eigenvalue weighted by molar-refractivity contribution is 5.76. The van der Waals surface area contributed by atoms with Crippen molar-refractivity contribution < 1.29 is 14.3 Å². The van der Waals surface area contributed by atoms with Gasteiger partial charge in [-0.3, -0.25) is 14.3 Å². The fraction of sp³-hybridized carbons (Fsp3) is 0.500. The Balaban J connectivity index is 1.59. The van der Waals surface area contributed by atoms with E-state index in [1.165, 1.54) is 6.92 Å². The molecule has 0 saturated carbocycles. The highest BCUT2D eigenvalue weighted by Gasteiger charge is 2.27. The molecule has 0 aromatic carbocycles. The highest BCUT2D eigenvalue weighted by Crippen LogP contribution is 2.20. The highest BCUT2D eigenvalue weighted by atomic mass is 16.5. The Kier molecular flexibility index (Phi) is 5.13. The monoisotopic (exact) mass is 346 g/mol. The van der Waals surface area contributed by atoms with Gasteiger partial charge in [0.1, 0.15) is 18.5 Å². The molecule has 2 aromatic rings. The first-order valence-corrected chi connectivity index (χ1v) is 8.18. The van der Waals surface area contributed by atoms with E-state index in [4.69, 9.17) is 4.74 Å². The number of aryl methyl sites for hydroxylation is 1. The van der Waals surface area contributed by atoms with Gasteiger partial charge < -0.3 is 19.9 Å². The van der Waals surface area contributed by atoms with Gasteiger partial charge in [-0.15, -0.1) is 0 Å². The third kappa shape index (κ3) is 4.44. The van der Waals surface area contributed by atoms with E-state index < -0.39 is 0 Å². The van der Waals surface area contributed by atoms with Gasteiger partial charge in [-0.05, 0) is 12.5 Å². The summed E-state index contributed by atoms with van der Waals surface area (Å²) in [5.41, 5.74) is 1.82. The molecule has 25 heavy (non-hydrogen) atoms. The number of aromatic nitrogens is 4. The fourth-order valence-corrected chi connectivity index (χ4v) is 2.68. The topological polar surface area (TPSA) is 105 Å². The van der Waals surface area contributed by atoms with Crippen molar-refractivity contribution in [3.8, 4) is 0 Å². The molecule has 2 aromatic heterocycles. The maximum atomic E-state index is 12.5. The first-order valence-electron chi connectivity index (χ1n) is 8.18. The minimum absolute atomic E-state index is 0.00132. The lowest BCUT2D eigenvalue weighted by atomic mass is 10.2. The Labute approximate surface area is 145 Å². The summed E-state index contributed by atoms with van der Waals surface area (Å²) in [7, 11) is 0. The van der Waals surface area contributed by atoms with Crippen LogP contribution in [0, 0.1) is 6.92 Å². The molecule has 2 amide bonds. The maximum Gasteiger partial charge on any atom is 0.244 e. The summed E-state index contributed by atoms with van der Waals surface area (Å²) in [4.78, 5) is 32.7. The molecular weight excluding hydrogens is 324 g/mol. The summed E-state index contributed by atoms with van der Waals surface area (Å²) in [5, 5.41) is 6.86. The Morgan fingerprint density at radius 2 is 2.28 bits per heavy atom. The Bertz CT molecular complexity index is 753. The standard InChI is InChI=1S/C16H22N6O3/c1-11-5-19-22(8-11)10-15(24)21-3-4-25-14(9-21)16-18-7-13(20-16)6-17-12(2)23/h5,7-8,14H,3-4,6,9-10H2,1-2H3,(H,17,23)(H,18,20)/t14-/m1/s1. The summed E-state index contributed by atoms with van der Waals surface area (Å²) in [5.74, 6) is 0.560. The summed E-state index contributed by atoms with van der Waals surface area (Å²) in [6.45, 7) is 5.45. The van der Waals surface area contributed by atoms with E-state index in [-0.39, 0.29) is 24.5 Å². The maximum absolute atomic E-state index is 12.5. The van der Waals surface area contributed by atoms with Crippen molar-refractivity contribution in [3.63, 3.8) is 0 Å². The number of ether oxygens (including phenoxy) is 1. The molecule has 3 heterocycles. The Hall–Kier alpha value is -2.68. The lowest BCUT2D eigenvalue weighted by Crippen LogP contribution is -2.44. The van der Waals surface area contributed by atoms with Crippen molar-refractivity contribution in [2.75, 3.05) is 19.7 Å². The predicted octanol–water partition coefficient (Wildman–Crippen LogP) is 0.151. The largest absolute Gasteiger partial charge is 0.367 e. The number of amides is 2. The van der Waals surface area contributed by atoms with Crippen LogP contribution in [-0.2, 0) is 27.4 Å². The van der Waals surface area contributed by atoms with Crippen molar-refractivity contribution in [2.45, 2.75) is 33.0 Å². The molecule has 2 N–H and O–H groups in total. The summed E-state index contributed by atoms with van der Waals surface area (Å²) < 4.78 is 7.38. The first kappa shape index (κ1) is 17.2. The SMILES string of the molecule is CC(=O)NCc1cnc([C@H]2CN(C(=O)Cn3cc(C)cn3)CCO2)[nH]1. The third-order valence-electron chi connectivity index (χ3n) is 3.96. The van der Waals surface area contributed by atoms with E-state index >= 15 is 0 Å². The predicted molar refractivity (Wildman–Crippen MR) is 88.3 cm³/mol. The van der Waals surface area contributed by atoms with E-state index in [2.05, 4.69) is 20.4 Å². The minimum atomic E-state index is -0.303. The van der Waals surface area contributed by atoms with Crippen LogP contribution in [0.25, 0.3) is 0 Å². The molecule has 9 nitrogen and oxygen atoms in total. The average Bonchev–Trinajstić information content (AvgIpc) is 3.22. The van der Waals surface area contributed by atoms with Crippen LogP contribution in [0.1, 0.15) is 30.1 Å². The molecular formula is C16H22N6O3. The zero-order valence-corrected chi connectivity index (χ0v) is 14.4. The van der Waals surface area contributed by atoms with Crippen molar-refractivity contribution in [1.82, 2.24) is 30.0 Å². The van der Waals surface area contributed by atoms with Gasteiger partial charge in [0, 0.05) is 19.7 Å². The molecule has 134 valence electrons. The molecule has 0 radical (unpaired) electrons. The third-order valence-corrected chi connectivity index (χ3v) is 3.96. The van der Waals surface area contributed by atoms with Gasteiger partial charge in [0.2, 0.25) is 11.8 Å². The quantitative estimate of drug-likeness (QED) is 0.802. The molecule has 1 fully saturated rings. The van der Waals surface area contributed by atoms with Crippen LogP contribution in [0.5, 0.6) is 0 Å². The summed E-state index contributed by atoms with van der Waals surface area (Å²) in [6, 6.07) is 0. The molecule has 1 aliphatic rings. The smallest absolute Gasteiger partial charge is 0.244 e. The van der Waals surface area contributed by atoms with Crippen molar-refractivity contribution in [1.29, 1.82) is 0 Å². The lowest BCUT2D eigenvalue weighted by molar-refractivity contribution is -0.140. The number of carbonyl (C=O) groups is 2. The molecule has 0 bridgehead atoms. The van der Waals surface area contributed by atoms with Gasteiger partial charge >= 0.3 is 0 Å². The van der Waals surface area contributed by atoms with E-state index in [1.54, 1.807) is 22.0 Å². The molecule has 1 aliphatic heterocycles. The number of H-pyrrole nitrogens is 1. The second kappa shape index (κ2) is 7.47.